The number of amides is 1. The molecule has 3 aromatic rings. The lowest BCUT2D eigenvalue weighted by Gasteiger charge is -2.42. The number of aromatic nitrogens is 3. The molecule has 1 saturated carbocycles. The van der Waals surface area contributed by atoms with E-state index in [4.69, 9.17) is 14.2 Å². The number of aromatic amines is 1. The first-order valence-electron chi connectivity index (χ1n) is 13.0. The quantitative estimate of drug-likeness (QED) is 0.446. The monoisotopic (exact) mass is 516 g/mol. The summed E-state index contributed by atoms with van der Waals surface area (Å²) in [6.45, 7) is 5.29. The van der Waals surface area contributed by atoms with Crippen LogP contribution in [0.2, 0.25) is 0 Å². The molecule has 0 atom stereocenters. The molecule has 0 bridgehead atoms. The van der Waals surface area contributed by atoms with Crippen molar-refractivity contribution in [2.45, 2.75) is 24.9 Å². The topological polar surface area (TPSA) is 141 Å². The van der Waals surface area contributed by atoms with E-state index in [2.05, 4.69) is 36.6 Å². The van der Waals surface area contributed by atoms with Crippen molar-refractivity contribution in [3.8, 4) is 17.6 Å². The number of benzene rings is 1. The summed E-state index contributed by atoms with van der Waals surface area (Å²) in [5.41, 5.74) is 2.15. The van der Waals surface area contributed by atoms with Crippen molar-refractivity contribution in [3.63, 3.8) is 0 Å². The van der Waals surface area contributed by atoms with Crippen molar-refractivity contribution >= 4 is 34.4 Å². The zero-order valence-corrected chi connectivity index (χ0v) is 20.8. The van der Waals surface area contributed by atoms with E-state index in [0.29, 0.717) is 89.5 Å². The van der Waals surface area contributed by atoms with Gasteiger partial charge in [-0.25, -0.2) is 0 Å². The second-order valence-electron chi connectivity index (χ2n) is 10.0. The van der Waals surface area contributed by atoms with Crippen molar-refractivity contribution in [1.29, 1.82) is 5.26 Å². The Labute approximate surface area is 218 Å². The van der Waals surface area contributed by atoms with Crippen molar-refractivity contribution < 1.29 is 19.0 Å². The van der Waals surface area contributed by atoms with Crippen LogP contribution in [0.4, 0.5) is 17.5 Å². The van der Waals surface area contributed by atoms with Gasteiger partial charge in [0.2, 0.25) is 5.95 Å². The first-order valence-corrected chi connectivity index (χ1v) is 13.0. The first-order chi connectivity index (χ1) is 18.7. The highest BCUT2D eigenvalue weighted by Crippen LogP contribution is 2.42. The molecule has 12 nitrogen and oxygen atoms in total. The Hall–Kier alpha value is -4.08. The van der Waals surface area contributed by atoms with E-state index in [9.17, 15) is 10.1 Å². The molecule has 12 heteroatoms. The van der Waals surface area contributed by atoms with E-state index in [1.165, 1.54) is 0 Å². The number of anilines is 3. The molecule has 7 rings (SSSR count). The van der Waals surface area contributed by atoms with Crippen LogP contribution in [0.1, 0.15) is 28.8 Å². The van der Waals surface area contributed by atoms with Crippen LogP contribution in [0.25, 0.3) is 11.0 Å². The summed E-state index contributed by atoms with van der Waals surface area (Å²) in [6, 6.07) is 6.60. The van der Waals surface area contributed by atoms with E-state index >= 15 is 0 Å². The second kappa shape index (κ2) is 9.34. The summed E-state index contributed by atoms with van der Waals surface area (Å²) >= 11 is 0. The standard InChI is InChI=1S/C26H28N8O4/c27-11-15-12-28-23-20(15)24(29-16-1-2-16)32-26(31-23)30-19-4-3-18(21-22(19)38-10-9-37-21)25(35)34-7-5-33(6-8-34)17-13-36-14-17/h3-4,12,16-17H,1-2,5-10,13-14H2,(H3,28,29,30,31,32). The van der Waals surface area contributed by atoms with Crippen molar-refractivity contribution in [1.82, 2.24) is 24.8 Å². The molecular weight excluding hydrogens is 488 g/mol. The Morgan fingerprint density at radius 2 is 1.87 bits per heavy atom. The molecule has 38 heavy (non-hydrogen) atoms. The Morgan fingerprint density at radius 3 is 2.58 bits per heavy atom. The molecule has 0 spiro atoms. The fraction of sp³-hybridized carbons (Fsp3) is 0.462. The highest BCUT2D eigenvalue weighted by molar-refractivity contribution is 5.99. The highest BCUT2D eigenvalue weighted by Gasteiger charge is 2.33. The molecule has 3 aliphatic heterocycles. The van der Waals surface area contributed by atoms with Gasteiger partial charge < -0.3 is 34.7 Å². The van der Waals surface area contributed by atoms with Gasteiger partial charge in [-0.3, -0.25) is 9.69 Å². The van der Waals surface area contributed by atoms with Gasteiger partial charge in [-0.05, 0) is 25.0 Å². The summed E-state index contributed by atoms with van der Waals surface area (Å²) in [5, 5.41) is 16.8. The SMILES string of the molecule is N#Cc1c[nH]c2nc(Nc3ccc(C(=O)N4CCN(C5COC5)CC4)c4c3OCCO4)nc(NC3CC3)c12. The molecule has 4 aliphatic rings. The van der Waals surface area contributed by atoms with E-state index in [1.54, 1.807) is 18.3 Å². The van der Waals surface area contributed by atoms with Gasteiger partial charge in [-0.15, -0.1) is 0 Å². The lowest BCUT2D eigenvalue weighted by molar-refractivity contribution is -0.0746. The summed E-state index contributed by atoms with van der Waals surface area (Å²) < 4.78 is 17.3. The number of hydrogen-bond donors (Lipinski definition) is 3. The van der Waals surface area contributed by atoms with Crippen LogP contribution in [0.15, 0.2) is 18.3 Å². The van der Waals surface area contributed by atoms with Crippen LogP contribution in [0.3, 0.4) is 0 Å². The molecule has 3 fully saturated rings. The zero-order valence-electron chi connectivity index (χ0n) is 20.8. The van der Waals surface area contributed by atoms with Gasteiger partial charge in [0.1, 0.15) is 30.7 Å². The number of H-pyrrole nitrogens is 1. The third-order valence-corrected chi connectivity index (χ3v) is 7.47. The molecule has 0 unspecified atom stereocenters. The van der Waals surface area contributed by atoms with Crippen molar-refractivity contribution in [2.75, 3.05) is 63.2 Å². The summed E-state index contributed by atoms with van der Waals surface area (Å²) in [7, 11) is 0. The highest BCUT2D eigenvalue weighted by atomic mass is 16.6. The molecule has 1 amide bonds. The van der Waals surface area contributed by atoms with Gasteiger partial charge >= 0.3 is 0 Å². The van der Waals surface area contributed by atoms with Crippen molar-refractivity contribution in [2.24, 2.45) is 0 Å². The lowest BCUT2D eigenvalue weighted by atomic mass is 10.1. The third-order valence-electron chi connectivity index (χ3n) is 7.47. The Bertz CT molecular complexity index is 1430. The maximum Gasteiger partial charge on any atom is 0.257 e. The Morgan fingerprint density at radius 1 is 1.08 bits per heavy atom. The first kappa shape index (κ1) is 23.1. The number of piperazine rings is 1. The van der Waals surface area contributed by atoms with Crippen LogP contribution in [-0.2, 0) is 4.74 Å². The largest absolute Gasteiger partial charge is 0.485 e. The molecule has 2 saturated heterocycles. The number of rotatable bonds is 6. The number of nitriles is 1. The number of nitrogens with one attached hydrogen (secondary N) is 3. The van der Waals surface area contributed by atoms with Crippen LogP contribution in [0, 0.1) is 11.3 Å². The Balaban J connectivity index is 1.16. The van der Waals surface area contributed by atoms with Gasteiger partial charge in [0.25, 0.3) is 5.91 Å². The van der Waals surface area contributed by atoms with Crippen LogP contribution >= 0.6 is 0 Å². The minimum atomic E-state index is -0.0631. The van der Waals surface area contributed by atoms with E-state index in [1.807, 2.05) is 4.90 Å². The van der Waals surface area contributed by atoms with E-state index in [-0.39, 0.29) is 5.91 Å². The second-order valence-corrected chi connectivity index (χ2v) is 10.0. The average Bonchev–Trinajstić information content (AvgIpc) is 3.63. The maximum atomic E-state index is 13.5. The normalized spacial score (nSPS) is 19.6. The molecule has 3 N–H and O–H groups in total. The van der Waals surface area contributed by atoms with Gasteiger partial charge in [-0.1, -0.05) is 0 Å². The number of carbonyl (C=O) groups is 1. The minimum absolute atomic E-state index is 0.0631. The molecule has 196 valence electrons. The molecular formula is C26H28N8O4. The molecule has 1 aromatic carbocycles. The summed E-state index contributed by atoms with van der Waals surface area (Å²) in [6.07, 6.45) is 3.78. The fourth-order valence-electron chi connectivity index (χ4n) is 5.12. The van der Waals surface area contributed by atoms with Crippen LogP contribution in [0.5, 0.6) is 11.5 Å². The lowest BCUT2D eigenvalue weighted by Crippen LogP contribution is -2.57. The minimum Gasteiger partial charge on any atom is -0.485 e. The van der Waals surface area contributed by atoms with Gasteiger partial charge in [-0.2, -0.15) is 15.2 Å². The number of nitrogens with zero attached hydrogens (tertiary/aromatic N) is 5. The number of carbonyl (C=O) groups excluding carboxylic acids is 1. The van der Waals surface area contributed by atoms with Crippen LogP contribution < -0.4 is 20.1 Å². The summed E-state index contributed by atoms with van der Waals surface area (Å²) in [5.74, 6) is 1.80. The number of ether oxygens (including phenoxy) is 3. The molecule has 1 aliphatic carbocycles. The number of fused-ring (bicyclic) bond motifs is 2. The third kappa shape index (κ3) is 4.13. The van der Waals surface area contributed by atoms with Crippen LogP contribution in [-0.4, -0.2) is 95.3 Å². The number of hydrogen-bond acceptors (Lipinski definition) is 10. The fourth-order valence-corrected chi connectivity index (χ4v) is 5.12. The molecule has 5 heterocycles. The Kier molecular flexibility index (Phi) is 5.67. The maximum absolute atomic E-state index is 13.5. The summed E-state index contributed by atoms with van der Waals surface area (Å²) in [4.78, 5) is 30.1. The predicted molar refractivity (Wildman–Crippen MR) is 138 cm³/mol. The van der Waals surface area contributed by atoms with Gasteiger partial charge in [0.15, 0.2) is 11.5 Å². The van der Waals surface area contributed by atoms with E-state index < -0.39 is 0 Å². The van der Waals surface area contributed by atoms with Gasteiger partial charge in [0.05, 0.1) is 41.5 Å². The molecule has 2 aromatic heterocycles. The predicted octanol–water partition coefficient (Wildman–Crippen LogP) is 2.08. The molecule has 0 radical (unpaired) electrons. The van der Waals surface area contributed by atoms with Crippen molar-refractivity contribution in [3.05, 3.63) is 29.5 Å². The van der Waals surface area contributed by atoms with Gasteiger partial charge in [0, 0.05) is 38.4 Å². The zero-order chi connectivity index (χ0) is 25.6. The van der Waals surface area contributed by atoms with E-state index in [0.717, 1.165) is 39.1 Å². The smallest absolute Gasteiger partial charge is 0.257 e. The average molecular weight is 517 g/mol.